The Morgan fingerprint density at radius 1 is 1.10 bits per heavy atom. The molecule has 2 aromatic carbocycles. The number of amides is 3. The maximum atomic E-state index is 14.6. The second kappa shape index (κ2) is 8.02. The lowest BCUT2D eigenvalue weighted by atomic mass is 10.00. The highest BCUT2D eigenvalue weighted by molar-refractivity contribution is 6.20. The number of carbonyl (C=O) groups excluding carboxylic acids is 2. The molecule has 2 heterocycles. The number of para-hydroxylation sites is 1. The fraction of sp³-hybridized carbons (Fsp3) is 0.182. The number of nitrogens with one attached hydrogen (secondary N) is 2. The first-order valence-electron chi connectivity index (χ1n) is 9.57. The molecular weight excluding hydrogens is 401 g/mol. The number of nitrogens with zero attached hydrogens (tertiary/aromatic N) is 3. The van der Waals surface area contributed by atoms with Crippen molar-refractivity contribution in [2.75, 3.05) is 17.3 Å². The lowest BCUT2D eigenvalue weighted by Gasteiger charge is -2.21. The number of aryl methyl sites for hydroxylation is 2. The zero-order valence-corrected chi connectivity index (χ0v) is 17.1. The van der Waals surface area contributed by atoms with Gasteiger partial charge >= 0.3 is 6.03 Å². The molecule has 31 heavy (non-hydrogen) atoms. The van der Waals surface area contributed by atoms with Gasteiger partial charge in [0.1, 0.15) is 17.2 Å². The average Bonchev–Trinajstić information content (AvgIpc) is 3.03. The third kappa shape index (κ3) is 3.77. The number of carbonyl (C=O) groups is 2. The highest BCUT2D eigenvalue weighted by Crippen LogP contribution is 2.28. The van der Waals surface area contributed by atoms with Crippen molar-refractivity contribution in [2.24, 2.45) is 4.99 Å². The van der Waals surface area contributed by atoms with E-state index in [1.165, 1.54) is 11.0 Å². The van der Waals surface area contributed by atoms with Gasteiger partial charge in [-0.2, -0.15) is 0 Å². The Bertz CT molecular complexity index is 1180. The molecule has 1 aliphatic heterocycles. The van der Waals surface area contributed by atoms with E-state index >= 15 is 0 Å². The Morgan fingerprint density at radius 3 is 2.45 bits per heavy atom. The molecule has 0 spiro atoms. The van der Waals surface area contributed by atoms with Crippen molar-refractivity contribution in [2.45, 2.75) is 20.0 Å². The maximum absolute atomic E-state index is 14.6. The minimum Gasteiger partial charge on any atom is -0.359 e. The van der Waals surface area contributed by atoms with E-state index in [0.717, 1.165) is 0 Å². The van der Waals surface area contributed by atoms with Crippen LogP contribution in [0.15, 0.2) is 58.0 Å². The lowest BCUT2D eigenvalue weighted by Crippen LogP contribution is -2.47. The predicted molar refractivity (Wildman–Crippen MR) is 114 cm³/mol. The molecule has 0 saturated carbocycles. The second-order valence-corrected chi connectivity index (χ2v) is 7.07. The highest BCUT2D eigenvalue weighted by atomic mass is 19.1. The van der Waals surface area contributed by atoms with E-state index in [2.05, 4.69) is 20.8 Å². The van der Waals surface area contributed by atoms with Crippen LogP contribution in [0.5, 0.6) is 0 Å². The molecule has 0 bridgehead atoms. The fourth-order valence-corrected chi connectivity index (χ4v) is 3.42. The summed E-state index contributed by atoms with van der Waals surface area (Å²) in [6.45, 7) is 3.34. The van der Waals surface area contributed by atoms with Gasteiger partial charge in [0.2, 0.25) is 6.17 Å². The van der Waals surface area contributed by atoms with Crippen LogP contribution < -0.4 is 15.5 Å². The van der Waals surface area contributed by atoms with Gasteiger partial charge in [-0.15, -0.1) is 0 Å². The standard InChI is InChI=1S/C22H20FN5O3/c1-12-18(13(2)31-27-12)25-22(30)26-20-21(29)28(3)17-11-7-5-9-15(17)19(24-20)14-8-4-6-10-16(14)23/h4-11,20H,1-3H3,(H2,25,26,30). The van der Waals surface area contributed by atoms with E-state index in [1.807, 2.05) is 0 Å². The number of aromatic nitrogens is 1. The molecule has 1 aromatic heterocycles. The van der Waals surface area contributed by atoms with Crippen LogP contribution in [0.3, 0.4) is 0 Å². The van der Waals surface area contributed by atoms with Crippen LogP contribution in [-0.4, -0.2) is 36.0 Å². The first-order valence-corrected chi connectivity index (χ1v) is 9.57. The molecule has 158 valence electrons. The van der Waals surface area contributed by atoms with Crippen molar-refractivity contribution in [3.8, 4) is 0 Å². The van der Waals surface area contributed by atoms with Crippen LogP contribution >= 0.6 is 0 Å². The summed E-state index contributed by atoms with van der Waals surface area (Å²) in [4.78, 5) is 31.6. The number of aliphatic imine (C=N–C) groups is 1. The second-order valence-electron chi connectivity index (χ2n) is 7.07. The number of likely N-dealkylation sites (N-methyl/N-ethyl adjacent to an activating group) is 1. The van der Waals surface area contributed by atoms with Crippen molar-refractivity contribution in [3.63, 3.8) is 0 Å². The first-order chi connectivity index (χ1) is 14.9. The molecule has 0 saturated heterocycles. The van der Waals surface area contributed by atoms with Gasteiger partial charge in [0.25, 0.3) is 5.91 Å². The van der Waals surface area contributed by atoms with Gasteiger partial charge < -0.3 is 20.1 Å². The van der Waals surface area contributed by atoms with Crippen LogP contribution in [0.1, 0.15) is 22.6 Å². The number of urea groups is 1. The van der Waals surface area contributed by atoms with Crippen molar-refractivity contribution in [3.05, 3.63) is 76.9 Å². The molecule has 9 heteroatoms. The number of halogens is 1. The third-order valence-electron chi connectivity index (χ3n) is 5.01. The summed E-state index contributed by atoms with van der Waals surface area (Å²) in [7, 11) is 1.59. The number of hydrogen-bond acceptors (Lipinski definition) is 5. The van der Waals surface area contributed by atoms with Gasteiger partial charge in [0.15, 0.2) is 5.76 Å². The topological polar surface area (TPSA) is 99.8 Å². The molecule has 1 unspecified atom stereocenters. The van der Waals surface area contributed by atoms with Gasteiger partial charge in [-0.3, -0.25) is 4.79 Å². The quantitative estimate of drug-likeness (QED) is 0.677. The first kappa shape index (κ1) is 20.3. The van der Waals surface area contributed by atoms with E-state index in [9.17, 15) is 14.0 Å². The van der Waals surface area contributed by atoms with E-state index in [4.69, 9.17) is 4.52 Å². The normalized spacial score (nSPS) is 15.7. The van der Waals surface area contributed by atoms with Gasteiger partial charge in [0, 0.05) is 18.2 Å². The Morgan fingerprint density at radius 2 is 1.77 bits per heavy atom. The third-order valence-corrected chi connectivity index (χ3v) is 5.01. The summed E-state index contributed by atoms with van der Waals surface area (Å²) in [6.07, 6.45) is -1.27. The molecule has 4 rings (SSSR count). The van der Waals surface area contributed by atoms with Gasteiger partial charge in [0.05, 0.1) is 11.4 Å². The molecule has 3 aromatic rings. The summed E-state index contributed by atoms with van der Waals surface area (Å²) in [5.74, 6) is -0.514. The number of anilines is 2. The van der Waals surface area contributed by atoms with Crippen molar-refractivity contribution in [1.82, 2.24) is 10.5 Å². The van der Waals surface area contributed by atoms with Crippen molar-refractivity contribution >= 4 is 29.0 Å². The number of benzodiazepines with no additional fused rings is 1. The summed E-state index contributed by atoms with van der Waals surface area (Å²) >= 11 is 0. The molecule has 1 atom stereocenters. The molecule has 0 aliphatic carbocycles. The number of hydrogen-bond donors (Lipinski definition) is 2. The van der Waals surface area contributed by atoms with Gasteiger partial charge in [-0.25, -0.2) is 14.2 Å². The molecule has 1 aliphatic rings. The van der Waals surface area contributed by atoms with E-state index in [1.54, 1.807) is 63.4 Å². The van der Waals surface area contributed by atoms with Gasteiger partial charge in [-0.05, 0) is 32.0 Å². The summed E-state index contributed by atoms with van der Waals surface area (Å²) in [5, 5.41) is 8.98. The average molecular weight is 421 g/mol. The van der Waals surface area contributed by atoms with Crippen LogP contribution in [0.4, 0.5) is 20.6 Å². The van der Waals surface area contributed by atoms with Crippen LogP contribution in [-0.2, 0) is 4.79 Å². The van der Waals surface area contributed by atoms with Crippen molar-refractivity contribution in [1.29, 1.82) is 0 Å². The number of rotatable bonds is 3. The van der Waals surface area contributed by atoms with Crippen molar-refractivity contribution < 1.29 is 18.5 Å². The predicted octanol–water partition coefficient (Wildman–Crippen LogP) is 3.39. The Labute approximate surface area is 177 Å². The lowest BCUT2D eigenvalue weighted by molar-refractivity contribution is -0.119. The fourth-order valence-electron chi connectivity index (χ4n) is 3.42. The molecule has 0 fully saturated rings. The number of benzene rings is 2. The molecule has 2 N–H and O–H groups in total. The van der Waals surface area contributed by atoms with E-state index in [0.29, 0.717) is 28.4 Å². The Kier molecular flexibility index (Phi) is 5.24. The highest BCUT2D eigenvalue weighted by Gasteiger charge is 2.32. The SMILES string of the molecule is Cc1noc(C)c1NC(=O)NC1N=C(c2ccccc2F)c2ccccc2N(C)C1=O. The molecular formula is C22H20FN5O3. The van der Waals surface area contributed by atoms with E-state index < -0.39 is 23.9 Å². The minimum atomic E-state index is -1.27. The minimum absolute atomic E-state index is 0.232. The summed E-state index contributed by atoms with van der Waals surface area (Å²) in [6, 6.07) is 12.6. The zero-order chi connectivity index (χ0) is 22.1. The summed E-state index contributed by atoms with van der Waals surface area (Å²) < 4.78 is 19.7. The zero-order valence-electron chi connectivity index (χ0n) is 17.1. The molecule has 8 nitrogen and oxygen atoms in total. The van der Waals surface area contributed by atoms with Crippen LogP contribution in [0, 0.1) is 19.7 Å². The Balaban J connectivity index is 1.74. The number of fused-ring (bicyclic) bond motifs is 1. The maximum Gasteiger partial charge on any atom is 0.321 e. The summed E-state index contributed by atoms with van der Waals surface area (Å²) in [5.41, 5.74) is 2.56. The Hall–Kier alpha value is -4.01. The smallest absolute Gasteiger partial charge is 0.321 e. The van der Waals surface area contributed by atoms with E-state index in [-0.39, 0.29) is 11.3 Å². The molecule has 0 radical (unpaired) electrons. The van der Waals surface area contributed by atoms with Crippen LogP contribution in [0.25, 0.3) is 0 Å². The molecule has 3 amide bonds. The van der Waals surface area contributed by atoms with Gasteiger partial charge in [-0.1, -0.05) is 35.5 Å². The van der Waals surface area contributed by atoms with Crippen LogP contribution in [0.2, 0.25) is 0 Å². The monoisotopic (exact) mass is 421 g/mol. The largest absolute Gasteiger partial charge is 0.359 e.